The van der Waals surface area contributed by atoms with Crippen molar-refractivity contribution in [3.05, 3.63) is 52.3 Å². The Bertz CT molecular complexity index is 798. The number of furan rings is 1. The molecule has 2 N–H and O–H groups in total. The number of anilines is 2. The maximum atomic E-state index is 12.1. The van der Waals surface area contributed by atoms with Crippen LogP contribution in [0.15, 0.2) is 35.1 Å². The summed E-state index contributed by atoms with van der Waals surface area (Å²) in [4.78, 5) is 24.9. The highest BCUT2D eigenvalue weighted by atomic mass is 35.5. The van der Waals surface area contributed by atoms with Crippen LogP contribution in [0.4, 0.5) is 10.9 Å². The number of carbonyl (C=O) groups excluding carboxylic acids is 1. The highest BCUT2D eigenvalue weighted by Crippen LogP contribution is 2.22. The van der Waals surface area contributed by atoms with E-state index < -0.39 is 0 Å². The predicted octanol–water partition coefficient (Wildman–Crippen LogP) is 3.16. The van der Waals surface area contributed by atoms with E-state index in [1.807, 2.05) is 0 Å². The first-order valence-electron chi connectivity index (χ1n) is 6.65. The van der Waals surface area contributed by atoms with E-state index in [2.05, 4.69) is 25.6 Å². The summed E-state index contributed by atoms with van der Waals surface area (Å²) in [6, 6.07) is 5.15. The third-order valence-corrected chi connectivity index (χ3v) is 3.88. The van der Waals surface area contributed by atoms with Crippen LogP contribution in [0.5, 0.6) is 0 Å². The van der Waals surface area contributed by atoms with Crippen molar-refractivity contribution in [3.8, 4) is 0 Å². The van der Waals surface area contributed by atoms with Crippen LogP contribution >= 0.6 is 22.9 Å². The molecule has 0 saturated heterocycles. The van der Waals surface area contributed by atoms with Gasteiger partial charge in [-0.25, -0.2) is 15.0 Å². The largest absolute Gasteiger partial charge is 0.467 e. The molecule has 0 atom stereocenters. The van der Waals surface area contributed by atoms with Crippen molar-refractivity contribution < 1.29 is 9.21 Å². The minimum atomic E-state index is -0.219. The van der Waals surface area contributed by atoms with Crippen molar-refractivity contribution in [2.45, 2.75) is 13.5 Å². The van der Waals surface area contributed by atoms with Gasteiger partial charge < -0.3 is 15.1 Å². The van der Waals surface area contributed by atoms with E-state index in [-0.39, 0.29) is 5.91 Å². The third kappa shape index (κ3) is 4.05. The van der Waals surface area contributed by atoms with Crippen molar-refractivity contribution in [1.82, 2.24) is 20.3 Å². The van der Waals surface area contributed by atoms with E-state index in [0.29, 0.717) is 39.1 Å². The average Bonchev–Trinajstić information content (AvgIpc) is 3.15. The van der Waals surface area contributed by atoms with Gasteiger partial charge in [-0.05, 0) is 19.1 Å². The fourth-order valence-electron chi connectivity index (χ4n) is 1.81. The van der Waals surface area contributed by atoms with Crippen LogP contribution in [0.25, 0.3) is 0 Å². The van der Waals surface area contributed by atoms with E-state index in [4.69, 9.17) is 16.0 Å². The number of amides is 1. The summed E-state index contributed by atoms with van der Waals surface area (Å²) in [5.41, 5.74) is 0. The number of carbonyl (C=O) groups is 1. The van der Waals surface area contributed by atoms with E-state index in [1.165, 1.54) is 17.5 Å². The molecule has 118 valence electrons. The standard InChI is InChI=1S/C14H12ClN5O2S/c1-8-18-11(15)5-12(19-8)20-14-17-7-10(23-14)13(21)16-6-9-3-2-4-22-9/h2-5,7H,6H2,1H3,(H,16,21)(H,17,18,19,20). The second-order valence-electron chi connectivity index (χ2n) is 4.54. The van der Waals surface area contributed by atoms with Gasteiger partial charge in [0.15, 0.2) is 5.13 Å². The molecule has 3 heterocycles. The number of nitrogens with zero attached hydrogens (tertiary/aromatic N) is 3. The summed E-state index contributed by atoms with van der Waals surface area (Å²) in [5.74, 6) is 1.54. The van der Waals surface area contributed by atoms with Crippen LogP contribution < -0.4 is 10.6 Å². The molecule has 0 aliphatic carbocycles. The van der Waals surface area contributed by atoms with E-state index >= 15 is 0 Å². The van der Waals surface area contributed by atoms with Crippen LogP contribution in [0, 0.1) is 6.92 Å². The van der Waals surface area contributed by atoms with E-state index in [1.54, 1.807) is 31.4 Å². The lowest BCUT2D eigenvalue weighted by Gasteiger charge is -2.02. The topological polar surface area (TPSA) is 92.9 Å². The molecule has 23 heavy (non-hydrogen) atoms. The Hall–Kier alpha value is -2.45. The molecular formula is C14H12ClN5O2S. The fourth-order valence-corrected chi connectivity index (χ4v) is 2.77. The number of aromatic nitrogens is 3. The van der Waals surface area contributed by atoms with Crippen molar-refractivity contribution in [1.29, 1.82) is 0 Å². The molecule has 0 saturated carbocycles. The maximum absolute atomic E-state index is 12.1. The first-order valence-corrected chi connectivity index (χ1v) is 7.84. The molecule has 0 aliphatic heterocycles. The number of nitrogens with one attached hydrogen (secondary N) is 2. The normalized spacial score (nSPS) is 10.5. The number of rotatable bonds is 5. The summed E-state index contributed by atoms with van der Waals surface area (Å²) < 4.78 is 5.16. The summed E-state index contributed by atoms with van der Waals surface area (Å²) in [5, 5.41) is 6.65. The SMILES string of the molecule is Cc1nc(Cl)cc(Nc2ncc(C(=O)NCc3ccco3)s2)n1. The van der Waals surface area contributed by atoms with Gasteiger partial charge in [0, 0.05) is 6.07 Å². The van der Waals surface area contributed by atoms with Crippen molar-refractivity contribution >= 4 is 39.8 Å². The van der Waals surface area contributed by atoms with Gasteiger partial charge in [0.05, 0.1) is 19.0 Å². The van der Waals surface area contributed by atoms with Gasteiger partial charge >= 0.3 is 0 Å². The molecule has 0 spiro atoms. The zero-order chi connectivity index (χ0) is 16.2. The van der Waals surface area contributed by atoms with E-state index in [9.17, 15) is 4.79 Å². The van der Waals surface area contributed by atoms with Crippen molar-refractivity contribution in [3.63, 3.8) is 0 Å². The predicted molar refractivity (Wildman–Crippen MR) is 87.1 cm³/mol. The van der Waals surface area contributed by atoms with Crippen LogP contribution in [0.1, 0.15) is 21.3 Å². The van der Waals surface area contributed by atoms with Gasteiger partial charge in [0.2, 0.25) is 0 Å². The van der Waals surface area contributed by atoms with Crippen LogP contribution in [0.2, 0.25) is 5.15 Å². The van der Waals surface area contributed by atoms with Crippen LogP contribution in [0.3, 0.4) is 0 Å². The van der Waals surface area contributed by atoms with Gasteiger partial charge in [-0.15, -0.1) is 0 Å². The second kappa shape index (κ2) is 6.76. The lowest BCUT2D eigenvalue weighted by molar-refractivity contribution is 0.0952. The Kier molecular flexibility index (Phi) is 4.54. The summed E-state index contributed by atoms with van der Waals surface area (Å²) in [7, 11) is 0. The molecule has 0 bridgehead atoms. The number of hydrogen-bond donors (Lipinski definition) is 2. The minimum Gasteiger partial charge on any atom is -0.467 e. The zero-order valence-electron chi connectivity index (χ0n) is 12.0. The Morgan fingerprint density at radius 3 is 3.04 bits per heavy atom. The Morgan fingerprint density at radius 2 is 2.30 bits per heavy atom. The number of aryl methyl sites for hydroxylation is 1. The smallest absolute Gasteiger partial charge is 0.263 e. The number of halogens is 1. The van der Waals surface area contributed by atoms with Gasteiger partial charge in [0.1, 0.15) is 27.4 Å². The third-order valence-electron chi connectivity index (χ3n) is 2.77. The summed E-state index contributed by atoms with van der Waals surface area (Å²) >= 11 is 7.10. The molecule has 0 aromatic carbocycles. The van der Waals surface area contributed by atoms with Crippen molar-refractivity contribution in [2.24, 2.45) is 0 Å². The molecule has 0 fully saturated rings. The van der Waals surface area contributed by atoms with Crippen LogP contribution in [-0.2, 0) is 6.54 Å². The Balaban J connectivity index is 1.64. The highest BCUT2D eigenvalue weighted by molar-refractivity contribution is 7.17. The minimum absolute atomic E-state index is 0.219. The van der Waals surface area contributed by atoms with Gasteiger partial charge in [-0.3, -0.25) is 4.79 Å². The molecule has 0 unspecified atom stereocenters. The lowest BCUT2D eigenvalue weighted by Crippen LogP contribution is -2.21. The van der Waals surface area contributed by atoms with Gasteiger partial charge in [0.25, 0.3) is 5.91 Å². The summed E-state index contributed by atoms with van der Waals surface area (Å²) in [6.45, 7) is 2.07. The maximum Gasteiger partial charge on any atom is 0.263 e. The monoisotopic (exact) mass is 349 g/mol. The average molecular weight is 350 g/mol. The molecule has 0 aliphatic rings. The molecule has 9 heteroatoms. The second-order valence-corrected chi connectivity index (χ2v) is 5.96. The summed E-state index contributed by atoms with van der Waals surface area (Å²) in [6.07, 6.45) is 3.06. The first kappa shape index (κ1) is 15.4. The first-order chi connectivity index (χ1) is 11.1. The van der Waals surface area contributed by atoms with Gasteiger partial charge in [-0.2, -0.15) is 0 Å². The van der Waals surface area contributed by atoms with Crippen molar-refractivity contribution in [2.75, 3.05) is 5.32 Å². The molecular weight excluding hydrogens is 338 g/mol. The number of thiazole rings is 1. The quantitative estimate of drug-likeness (QED) is 0.687. The molecule has 1 amide bonds. The molecule has 7 nitrogen and oxygen atoms in total. The molecule has 3 aromatic heterocycles. The molecule has 3 rings (SSSR count). The number of hydrogen-bond acceptors (Lipinski definition) is 7. The highest BCUT2D eigenvalue weighted by Gasteiger charge is 2.12. The zero-order valence-corrected chi connectivity index (χ0v) is 13.6. The van der Waals surface area contributed by atoms with Crippen LogP contribution in [-0.4, -0.2) is 20.9 Å². The van der Waals surface area contributed by atoms with Gasteiger partial charge in [-0.1, -0.05) is 22.9 Å². The molecule has 0 radical (unpaired) electrons. The Morgan fingerprint density at radius 1 is 1.43 bits per heavy atom. The Labute approximate surface area is 140 Å². The van der Waals surface area contributed by atoms with E-state index in [0.717, 1.165) is 0 Å². The molecule has 3 aromatic rings. The fraction of sp³-hybridized carbons (Fsp3) is 0.143. The lowest BCUT2D eigenvalue weighted by atomic mass is 10.4.